The number of hydrogen-bond acceptors (Lipinski definition) is 7. The third-order valence-electron chi connectivity index (χ3n) is 9.56. The van der Waals surface area contributed by atoms with Crippen molar-refractivity contribution in [2.24, 2.45) is 0 Å². The summed E-state index contributed by atoms with van der Waals surface area (Å²) in [6.07, 6.45) is 36.0. The summed E-state index contributed by atoms with van der Waals surface area (Å²) >= 11 is 0. The Kier molecular flexibility index (Phi) is 87.5. The van der Waals surface area contributed by atoms with Crippen molar-refractivity contribution in [3.63, 3.8) is 0 Å². The molecule has 0 saturated heterocycles. The maximum Gasteiger partial charge on any atom is 3.00 e. The number of unbranched alkanes of at least 4 members (excludes halogenated alkanes) is 24. The van der Waals surface area contributed by atoms with Gasteiger partial charge in [-0.1, -0.05) is 189 Å². The van der Waals surface area contributed by atoms with E-state index in [0.29, 0.717) is 32.1 Å². The summed E-state index contributed by atoms with van der Waals surface area (Å²) in [7, 11) is -8.85. The van der Waals surface area contributed by atoms with E-state index in [1.807, 2.05) is 0 Å². The molecule has 4 radical (unpaired) electrons. The molecule has 0 saturated carbocycles. The minimum absolute atomic E-state index is 0. The third kappa shape index (κ3) is 56.2. The Balaban J connectivity index is -0.000000172. The molecule has 0 aliphatic carbocycles. The molecular weight excluding hydrogens is 1330 g/mol. The van der Waals surface area contributed by atoms with E-state index in [2.05, 4.69) is 41.5 Å². The number of rotatable bonds is 40. The molecule has 0 spiro atoms. The fraction of sp³-hybridized carbons (Fsp3) is 1.00. The number of hydrogen-bond donors (Lipinski definition) is 1. The molecule has 3 unspecified atom stereocenters. The van der Waals surface area contributed by atoms with Crippen LogP contribution in [0.2, 0.25) is 0 Å². The van der Waals surface area contributed by atoms with E-state index in [0.717, 1.165) is 102 Å². The van der Waals surface area contributed by atoms with Gasteiger partial charge in [-0.2, -0.15) is 0 Å². The molecule has 330 valence electrons. The Morgan fingerprint density at radius 1 is 0.414 bits per heavy atom. The van der Waals surface area contributed by atoms with Gasteiger partial charge in [0, 0.05) is 12.3 Å². The van der Waals surface area contributed by atoms with Crippen LogP contribution < -0.4 is 0 Å². The van der Waals surface area contributed by atoms with Crippen molar-refractivity contribution in [2.45, 2.75) is 234 Å². The summed E-state index contributed by atoms with van der Waals surface area (Å²) in [5.74, 6) is 0. The molecule has 1 N–H and O–H groups in total. The smallest absolute Gasteiger partial charge is 0.322 e. The largest absolute Gasteiger partial charge is 3.00 e. The molecule has 0 rings (SSSR count). The summed E-state index contributed by atoms with van der Waals surface area (Å²) < 4.78 is 65.8. The zero-order chi connectivity index (χ0) is 40.9. The molecule has 16 heteroatoms. The van der Waals surface area contributed by atoms with Gasteiger partial charge in [0.1, 0.15) is 6.61 Å². The molecule has 0 aromatic carbocycles. The van der Waals surface area contributed by atoms with Gasteiger partial charge >= 0.3 is 180 Å². The molecule has 0 aliphatic heterocycles. The molecule has 0 fully saturated rings. The van der Waals surface area contributed by atoms with E-state index in [1.54, 1.807) is 0 Å². The SMILES string of the molecule is CCCCCCCCO[P+](=O)CCCCCCCC.CCCCCCCOP(=O)(CCCCCCC)P(=O)(CCCCCC)OCCCCCC.O=PO.[Nd+3].[Nd+3].[Nd+3].[Nd+3]. The van der Waals surface area contributed by atoms with Gasteiger partial charge in [-0.15, -0.1) is 4.52 Å². The summed E-state index contributed by atoms with van der Waals surface area (Å²) in [6, 6.07) is 0. The Hall–Kier alpha value is 5.90. The fourth-order valence-corrected chi connectivity index (χ4v) is 14.5. The Morgan fingerprint density at radius 2 is 0.655 bits per heavy atom. The van der Waals surface area contributed by atoms with Crippen molar-refractivity contribution in [1.82, 2.24) is 0 Å². The van der Waals surface area contributed by atoms with Gasteiger partial charge in [0.05, 0.1) is 13.2 Å². The van der Waals surface area contributed by atoms with Crippen LogP contribution in [0.3, 0.4) is 0 Å². The minimum atomic E-state index is -3.32. The summed E-state index contributed by atoms with van der Waals surface area (Å²) in [6.45, 7) is 14.8. The van der Waals surface area contributed by atoms with Crippen LogP contribution in [-0.4, -0.2) is 43.2 Å². The van der Waals surface area contributed by atoms with Gasteiger partial charge in [0.2, 0.25) is 0 Å². The monoisotopic (exact) mass is 1420 g/mol. The minimum Gasteiger partial charge on any atom is -0.322 e. The Labute approximate surface area is 495 Å². The first-order valence-corrected chi connectivity index (χ1v) is 29.2. The first-order valence-electron chi connectivity index (χ1n) is 22.7. The fourth-order valence-electron chi connectivity index (χ4n) is 6.05. The van der Waals surface area contributed by atoms with Crippen LogP contribution >= 0.6 is 30.8 Å². The second-order valence-electron chi connectivity index (χ2n) is 14.8. The van der Waals surface area contributed by atoms with Gasteiger partial charge < -0.3 is 13.9 Å². The van der Waals surface area contributed by atoms with E-state index < -0.39 is 30.8 Å². The van der Waals surface area contributed by atoms with Crippen LogP contribution in [0, 0.1) is 163 Å². The van der Waals surface area contributed by atoms with Crippen LogP contribution in [-0.2, 0) is 31.8 Å². The second kappa shape index (κ2) is 65.0. The molecule has 0 aliphatic rings. The molecule has 0 heterocycles. The van der Waals surface area contributed by atoms with E-state index in [1.165, 1.54) is 96.3 Å². The molecule has 0 amide bonds. The van der Waals surface area contributed by atoms with Gasteiger partial charge in [-0.3, -0.25) is 9.13 Å². The first kappa shape index (κ1) is 78.1. The average Bonchev–Trinajstić information content (AvgIpc) is 3.16. The predicted octanol–water partition coefficient (Wildman–Crippen LogP) is 17.2. The summed E-state index contributed by atoms with van der Waals surface area (Å²) in [5.41, 5.74) is 0. The van der Waals surface area contributed by atoms with E-state index in [4.69, 9.17) is 23.0 Å². The van der Waals surface area contributed by atoms with Crippen LogP contribution in [0.5, 0.6) is 0 Å². The molecule has 8 nitrogen and oxygen atoms in total. The Morgan fingerprint density at radius 3 is 1.00 bits per heavy atom. The quantitative estimate of drug-likeness (QED) is 0.0476. The van der Waals surface area contributed by atoms with Crippen molar-refractivity contribution >= 4 is 30.8 Å². The molecular formula is C42H91Nd4O8P4+13. The molecule has 0 aromatic heterocycles. The van der Waals surface area contributed by atoms with Gasteiger partial charge in [0.25, 0.3) is 14.1 Å². The van der Waals surface area contributed by atoms with Crippen molar-refractivity contribution in [3.05, 3.63) is 0 Å². The zero-order valence-electron chi connectivity index (χ0n) is 38.5. The maximum atomic E-state index is 14.1. The standard InChI is InChI=1S/C26H56O4P2.C16H34O2P.4Nd.HO2P/c1-5-9-13-17-20-24-30-32(28,26-22-18-14-10-6-2)31(27,25-21-16-12-8-4)29-23-19-15-11-7-3;1-3-5-7-9-11-13-15-18-19(17)16-14-12-10-8-6-4-2;;;;;1-3-2/h5-26H2,1-4H3;3-16H2,1-2H3;;;;;(H,1,2)/q;+1;4*+3;. The van der Waals surface area contributed by atoms with Crippen LogP contribution in [0.1, 0.15) is 234 Å². The molecule has 0 bridgehead atoms. The van der Waals surface area contributed by atoms with E-state index in [9.17, 15) is 13.7 Å². The van der Waals surface area contributed by atoms with Gasteiger partial charge in [-0.05, 0) is 49.5 Å². The van der Waals surface area contributed by atoms with Crippen LogP contribution in [0.25, 0.3) is 0 Å². The van der Waals surface area contributed by atoms with Crippen LogP contribution in [0.15, 0.2) is 0 Å². The molecule has 3 atom stereocenters. The Bertz CT molecular complexity index is 883. The van der Waals surface area contributed by atoms with Crippen LogP contribution in [0.4, 0.5) is 0 Å². The topological polar surface area (TPSA) is 116 Å². The van der Waals surface area contributed by atoms with Gasteiger partial charge in [0.15, 0.2) is 6.16 Å². The maximum absolute atomic E-state index is 14.1. The van der Waals surface area contributed by atoms with Crippen molar-refractivity contribution in [1.29, 1.82) is 0 Å². The predicted molar refractivity (Wildman–Crippen MR) is 238 cm³/mol. The normalized spacial score (nSPS) is 12.8. The molecule has 58 heavy (non-hydrogen) atoms. The van der Waals surface area contributed by atoms with Crippen molar-refractivity contribution < 1.29 is 200 Å². The third-order valence-corrected chi connectivity index (χ3v) is 19.3. The molecule has 0 aromatic rings. The van der Waals surface area contributed by atoms with Crippen molar-refractivity contribution in [2.75, 3.05) is 38.3 Å². The van der Waals surface area contributed by atoms with Crippen molar-refractivity contribution in [3.8, 4) is 0 Å². The first-order chi connectivity index (χ1) is 26.2. The van der Waals surface area contributed by atoms with E-state index >= 15 is 0 Å². The summed E-state index contributed by atoms with van der Waals surface area (Å²) in [5, 5.41) is 0. The average molecular weight is 1430 g/mol. The summed E-state index contributed by atoms with van der Waals surface area (Å²) in [4.78, 5) is 6.99. The van der Waals surface area contributed by atoms with Gasteiger partial charge in [-0.25, -0.2) is 4.57 Å². The van der Waals surface area contributed by atoms with E-state index in [-0.39, 0.29) is 163 Å². The zero-order valence-corrected chi connectivity index (χ0v) is 55.0. The second-order valence-corrected chi connectivity index (χ2v) is 24.0.